The molecule has 2 aliphatic heterocycles. The zero-order valence-corrected chi connectivity index (χ0v) is 16.3. The summed E-state index contributed by atoms with van der Waals surface area (Å²) in [5, 5.41) is 0.292. The summed E-state index contributed by atoms with van der Waals surface area (Å²) in [5.41, 5.74) is 1.41. The summed E-state index contributed by atoms with van der Waals surface area (Å²) in [4.78, 5) is 2.64. The van der Waals surface area contributed by atoms with Crippen molar-refractivity contribution in [2.75, 3.05) is 0 Å². The van der Waals surface area contributed by atoms with Crippen molar-refractivity contribution in [1.29, 1.82) is 0 Å². The van der Waals surface area contributed by atoms with E-state index in [0.29, 0.717) is 23.2 Å². The van der Waals surface area contributed by atoms with Crippen molar-refractivity contribution in [2.24, 2.45) is 0 Å². The van der Waals surface area contributed by atoms with E-state index in [4.69, 9.17) is 4.43 Å². The highest BCUT2D eigenvalue weighted by atomic mass is 28.4. The molecule has 0 saturated carbocycles. The number of nitrogens with zero attached hydrogens (tertiary/aromatic N) is 1. The van der Waals surface area contributed by atoms with E-state index in [2.05, 4.69) is 81.2 Å². The van der Waals surface area contributed by atoms with Crippen LogP contribution in [-0.4, -0.2) is 31.4 Å². The van der Waals surface area contributed by atoms with Gasteiger partial charge in [-0.2, -0.15) is 0 Å². The molecule has 3 atom stereocenters. The minimum Gasteiger partial charge on any atom is -0.414 e. The van der Waals surface area contributed by atoms with Crippen LogP contribution in [0.4, 0.5) is 0 Å². The summed E-state index contributed by atoms with van der Waals surface area (Å²) in [6.07, 6.45) is 7.53. The molecule has 2 aliphatic rings. The Bertz CT molecular complexity index is 545. The van der Waals surface area contributed by atoms with E-state index in [1.54, 1.807) is 0 Å². The van der Waals surface area contributed by atoms with E-state index >= 15 is 0 Å². The number of hydrogen-bond donors (Lipinski definition) is 0. The number of piperidine rings is 1. The van der Waals surface area contributed by atoms with Gasteiger partial charge in [0.05, 0.1) is 0 Å². The van der Waals surface area contributed by atoms with Crippen LogP contribution in [0.5, 0.6) is 0 Å². The molecule has 3 rings (SSSR count). The molecule has 126 valence electrons. The van der Waals surface area contributed by atoms with E-state index in [9.17, 15) is 0 Å². The number of hydrogen-bond acceptors (Lipinski definition) is 2. The van der Waals surface area contributed by atoms with Crippen LogP contribution in [0.2, 0.25) is 18.1 Å². The van der Waals surface area contributed by atoms with Gasteiger partial charge in [0.25, 0.3) is 0 Å². The first kappa shape index (κ1) is 16.9. The molecule has 0 spiro atoms. The maximum atomic E-state index is 6.69. The highest BCUT2D eigenvalue weighted by Crippen LogP contribution is 2.41. The fourth-order valence-corrected chi connectivity index (χ4v) is 4.88. The van der Waals surface area contributed by atoms with E-state index in [-0.39, 0.29) is 0 Å². The fourth-order valence-electron chi connectivity index (χ4n) is 3.50. The molecule has 23 heavy (non-hydrogen) atoms. The van der Waals surface area contributed by atoms with Gasteiger partial charge in [0.1, 0.15) is 0 Å². The molecule has 2 heterocycles. The minimum atomic E-state index is -1.67. The average molecular weight is 330 g/mol. The van der Waals surface area contributed by atoms with Crippen LogP contribution in [0, 0.1) is 0 Å². The fraction of sp³-hybridized carbons (Fsp3) is 0.600. The molecule has 1 fully saturated rings. The van der Waals surface area contributed by atoms with Gasteiger partial charge < -0.3 is 4.43 Å². The summed E-state index contributed by atoms with van der Waals surface area (Å²) < 4.78 is 6.69. The quantitative estimate of drug-likeness (QED) is 0.570. The highest BCUT2D eigenvalue weighted by Gasteiger charge is 2.43. The Balaban J connectivity index is 1.64. The summed E-state index contributed by atoms with van der Waals surface area (Å²) in [6, 6.07) is 11.9. The molecule has 1 aromatic rings. The summed E-state index contributed by atoms with van der Waals surface area (Å²) >= 11 is 0. The number of benzene rings is 1. The van der Waals surface area contributed by atoms with Crippen LogP contribution < -0.4 is 0 Å². The standard InChI is InChI=1S/C20H31NOSi/c1-20(2,3)23(4,5)22-19-13-17-11-12-18(14-19)21(17)15-16-9-7-6-8-10-16/h6-12,17-19H,13-15H2,1-5H3/t17-,18+,19?. The first-order valence-corrected chi connectivity index (χ1v) is 11.8. The third-order valence-electron chi connectivity index (χ3n) is 5.89. The molecule has 0 aromatic heterocycles. The van der Waals surface area contributed by atoms with Crippen LogP contribution in [0.3, 0.4) is 0 Å². The normalized spacial score (nSPS) is 28.3. The van der Waals surface area contributed by atoms with Crippen LogP contribution in [0.1, 0.15) is 39.2 Å². The average Bonchev–Trinajstić information content (AvgIpc) is 2.69. The molecule has 0 aliphatic carbocycles. The number of fused-ring (bicyclic) bond motifs is 2. The maximum Gasteiger partial charge on any atom is 0.192 e. The maximum absolute atomic E-state index is 6.69. The van der Waals surface area contributed by atoms with Gasteiger partial charge in [-0.05, 0) is 36.5 Å². The van der Waals surface area contributed by atoms with Crippen molar-refractivity contribution in [3.63, 3.8) is 0 Å². The molecule has 0 N–H and O–H groups in total. The van der Waals surface area contributed by atoms with E-state index in [1.165, 1.54) is 5.56 Å². The van der Waals surface area contributed by atoms with Crippen LogP contribution in [0.15, 0.2) is 42.5 Å². The Kier molecular flexibility index (Phi) is 4.56. The molecule has 1 aromatic carbocycles. The van der Waals surface area contributed by atoms with Crippen molar-refractivity contribution in [3.8, 4) is 0 Å². The van der Waals surface area contributed by atoms with Crippen molar-refractivity contribution in [3.05, 3.63) is 48.0 Å². The Morgan fingerprint density at radius 1 is 1.04 bits per heavy atom. The topological polar surface area (TPSA) is 12.5 Å². The van der Waals surface area contributed by atoms with E-state index in [1.807, 2.05) is 0 Å². The first-order chi connectivity index (χ1) is 10.8. The van der Waals surface area contributed by atoms with Gasteiger partial charge in [0.2, 0.25) is 0 Å². The van der Waals surface area contributed by atoms with Gasteiger partial charge in [-0.15, -0.1) is 0 Å². The zero-order valence-electron chi connectivity index (χ0n) is 15.3. The van der Waals surface area contributed by atoms with Crippen LogP contribution >= 0.6 is 0 Å². The SMILES string of the molecule is CC(C)(C)[Si](C)(C)OC1C[C@H]2C=C[C@@H](C1)N2Cc1ccccc1. The van der Waals surface area contributed by atoms with E-state index < -0.39 is 8.32 Å². The van der Waals surface area contributed by atoms with Gasteiger partial charge >= 0.3 is 0 Å². The lowest BCUT2D eigenvalue weighted by atomic mass is 9.98. The molecule has 1 unspecified atom stereocenters. The summed E-state index contributed by atoms with van der Waals surface area (Å²) in [7, 11) is -1.67. The molecular weight excluding hydrogens is 298 g/mol. The molecule has 2 bridgehead atoms. The molecule has 2 nitrogen and oxygen atoms in total. The van der Waals surface area contributed by atoms with Crippen LogP contribution in [-0.2, 0) is 11.0 Å². The predicted molar refractivity (Wildman–Crippen MR) is 100 cm³/mol. The van der Waals surface area contributed by atoms with Crippen molar-refractivity contribution in [2.45, 2.75) is 76.5 Å². The van der Waals surface area contributed by atoms with E-state index in [0.717, 1.165) is 19.4 Å². The smallest absolute Gasteiger partial charge is 0.192 e. The van der Waals surface area contributed by atoms with Crippen molar-refractivity contribution >= 4 is 8.32 Å². The first-order valence-electron chi connectivity index (χ1n) is 8.92. The van der Waals surface area contributed by atoms with Crippen molar-refractivity contribution < 1.29 is 4.43 Å². The lowest BCUT2D eigenvalue weighted by Crippen LogP contribution is -2.50. The van der Waals surface area contributed by atoms with Crippen LogP contribution in [0.25, 0.3) is 0 Å². The number of rotatable bonds is 4. The van der Waals surface area contributed by atoms with Gasteiger partial charge in [0, 0.05) is 24.7 Å². The molecule has 3 heteroatoms. The minimum absolute atomic E-state index is 0.292. The van der Waals surface area contributed by atoms with Gasteiger partial charge in [-0.1, -0.05) is 63.3 Å². The molecule has 0 radical (unpaired) electrons. The second kappa shape index (κ2) is 6.19. The summed E-state index contributed by atoms with van der Waals surface area (Å²) in [6.45, 7) is 12.8. The lowest BCUT2D eigenvalue weighted by Gasteiger charge is -2.44. The van der Waals surface area contributed by atoms with Gasteiger partial charge in [-0.25, -0.2) is 0 Å². The Morgan fingerprint density at radius 2 is 1.61 bits per heavy atom. The third-order valence-corrected chi connectivity index (χ3v) is 10.4. The Hall–Kier alpha value is -0.903. The monoisotopic (exact) mass is 329 g/mol. The zero-order chi connectivity index (χ0) is 16.7. The summed E-state index contributed by atoms with van der Waals surface area (Å²) in [5.74, 6) is 0. The second-order valence-electron chi connectivity index (χ2n) is 8.65. The Labute approximate surface area is 142 Å². The molecule has 1 saturated heterocycles. The Morgan fingerprint density at radius 3 is 2.13 bits per heavy atom. The van der Waals surface area contributed by atoms with Gasteiger partial charge in [-0.3, -0.25) is 4.90 Å². The molecular formula is C20H31NOSi. The van der Waals surface area contributed by atoms with Crippen molar-refractivity contribution in [1.82, 2.24) is 4.90 Å². The van der Waals surface area contributed by atoms with Gasteiger partial charge in [0.15, 0.2) is 8.32 Å². The third kappa shape index (κ3) is 3.62. The lowest BCUT2D eigenvalue weighted by molar-refractivity contribution is 0.0463. The highest BCUT2D eigenvalue weighted by molar-refractivity contribution is 6.74. The second-order valence-corrected chi connectivity index (χ2v) is 13.4. The largest absolute Gasteiger partial charge is 0.414 e. The molecule has 0 amide bonds. The predicted octanol–water partition coefficient (Wildman–Crippen LogP) is 4.98.